The van der Waals surface area contributed by atoms with Gasteiger partial charge in [-0.1, -0.05) is 0 Å². The normalized spacial score (nSPS) is 23.6. The Labute approximate surface area is 147 Å². The van der Waals surface area contributed by atoms with E-state index in [0.29, 0.717) is 23.8 Å². The minimum Gasteiger partial charge on any atom is -0.477 e. The molecule has 0 bridgehead atoms. The quantitative estimate of drug-likeness (QED) is 0.696. The number of nitrogens with zero attached hydrogens (tertiary/aromatic N) is 5. The molecule has 9 nitrogen and oxygen atoms in total. The number of carboxylic acids is 1. The van der Waals surface area contributed by atoms with Crippen LogP contribution in [0.5, 0.6) is 0 Å². The van der Waals surface area contributed by atoms with Gasteiger partial charge in [-0.25, -0.2) is 9.78 Å². The van der Waals surface area contributed by atoms with E-state index >= 15 is 0 Å². The zero-order valence-corrected chi connectivity index (χ0v) is 14.1. The van der Waals surface area contributed by atoms with Gasteiger partial charge >= 0.3 is 5.97 Å². The highest BCUT2D eigenvalue weighted by molar-refractivity contribution is 7.09. The van der Waals surface area contributed by atoms with Gasteiger partial charge in [0.2, 0.25) is 10.9 Å². The van der Waals surface area contributed by atoms with Crippen molar-refractivity contribution in [2.24, 2.45) is 0 Å². The van der Waals surface area contributed by atoms with Crippen molar-refractivity contribution in [2.75, 3.05) is 25.0 Å². The molecule has 3 aliphatic rings. The standard InChI is InChI=1S/C15H15N5O4S/c1-18-11(19-4-8(21)5-19)3-2-9-12(22)10(14(23)24)6-20(13(9)18)15-16-7-17-25-15/h2-3,6-8,13,21H,4-5H2,1H3,(H,23,24). The van der Waals surface area contributed by atoms with Gasteiger partial charge in [0.05, 0.1) is 6.10 Å². The molecule has 3 aliphatic heterocycles. The number of carbonyl (C=O) groups is 2. The molecular formula is C15H15N5O4S. The first kappa shape index (κ1) is 15.8. The lowest BCUT2D eigenvalue weighted by Crippen LogP contribution is -2.58. The molecule has 25 heavy (non-hydrogen) atoms. The molecule has 2 N–H and O–H groups in total. The maximum Gasteiger partial charge on any atom is 0.341 e. The zero-order chi connectivity index (χ0) is 17.7. The number of rotatable bonds is 3. The van der Waals surface area contributed by atoms with Crippen LogP contribution in [0.15, 0.2) is 41.6 Å². The average molecular weight is 361 g/mol. The van der Waals surface area contributed by atoms with Gasteiger partial charge < -0.3 is 20.0 Å². The monoisotopic (exact) mass is 361 g/mol. The second-order valence-electron chi connectivity index (χ2n) is 6.00. The van der Waals surface area contributed by atoms with E-state index in [-0.39, 0.29) is 11.7 Å². The summed E-state index contributed by atoms with van der Waals surface area (Å²) in [7, 11) is 1.83. The molecule has 1 aromatic rings. The van der Waals surface area contributed by atoms with Crippen molar-refractivity contribution in [2.45, 2.75) is 12.3 Å². The Hall–Kier alpha value is -2.72. The molecule has 4 heterocycles. The number of likely N-dealkylation sites (N-methyl/N-ethyl adjacent to an activating group) is 1. The lowest BCUT2D eigenvalue weighted by atomic mass is 9.94. The second kappa shape index (κ2) is 5.67. The molecule has 0 radical (unpaired) electrons. The number of anilines is 1. The van der Waals surface area contributed by atoms with Gasteiger partial charge in [0.15, 0.2) is 0 Å². The van der Waals surface area contributed by atoms with Gasteiger partial charge in [-0.3, -0.25) is 9.69 Å². The Morgan fingerprint density at radius 2 is 2.12 bits per heavy atom. The van der Waals surface area contributed by atoms with Gasteiger partial charge in [0.1, 0.15) is 23.9 Å². The van der Waals surface area contributed by atoms with Crippen LogP contribution < -0.4 is 4.90 Å². The Morgan fingerprint density at radius 3 is 2.72 bits per heavy atom. The fourth-order valence-electron chi connectivity index (χ4n) is 3.22. The number of β-amino-alcohol motifs (C(OH)–C–C–N with tert-alkyl or cyclic N) is 1. The maximum atomic E-state index is 12.6. The molecule has 1 fully saturated rings. The average Bonchev–Trinajstić information content (AvgIpc) is 3.07. The predicted octanol–water partition coefficient (Wildman–Crippen LogP) is -0.388. The number of hydrogen-bond donors (Lipinski definition) is 2. The van der Waals surface area contributed by atoms with E-state index in [2.05, 4.69) is 9.36 Å². The second-order valence-corrected chi connectivity index (χ2v) is 6.76. The summed E-state index contributed by atoms with van der Waals surface area (Å²) in [6, 6.07) is 0. The fraction of sp³-hybridized carbons (Fsp3) is 0.333. The first-order valence-corrected chi connectivity index (χ1v) is 8.37. The molecule has 4 rings (SSSR count). The van der Waals surface area contributed by atoms with Crippen molar-refractivity contribution in [3.63, 3.8) is 0 Å². The van der Waals surface area contributed by atoms with Crippen LogP contribution in [0.4, 0.5) is 5.13 Å². The van der Waals surface area contributed by atoms with E-state index in [1.54, 1.807) is 17.1 Å². The number of aliphatic hydroxyl groups excluding tert-OH is 1. The third-order valence-corrected chi connectivity index (χ3v) is 5.12. The summed E-state index contributed by atoms with van der Waals surface area (Å²) < 4.78 is 3.97. The van der Waals surface area contributed by atoms with Crippen LogP contribution in [0.2, 0.25) is 0 Å². The number of aromatic nitrogens is 2. The highest BCUT2D eigenvalue weighted by atomic mass is 32.1. The van der Waals surface area contributed by atoms with Crippen LogP contribution in [-0.2, 0) is 9.59 Å². The van der Waals surface area contributed by atoms with Crippen molar-refractivity contribution in [3.05, 3.63) is 41.6 Å². The predicted molar refractivity (Wildman–Crippen MR) is 88.4 cm³/mol. The molecule has 1 aromatic heterocycles. The molecular weight excluding hydrogens is 346 g/mol. The number of likely N-dealkylation sites (tertiary alicyclic amines) is 1. The Bertz CT molecular complexity index is 825. The van der Waals surface area contributed by atoms with Gasteiger partial charge in [-0.05, 0) is 12.2 Å². The third kappa shape index (κ3) is 2.41. The van der Waals surface area contributed by atoms with Gasteiger partial charge in [-0.15, -0.1) is 0 Å². The molecule has 0 saturated carbocycles. The molecule has 0 aliphatic carbocycles. The molecule has 0 spiro atoms. The number of aliphatic hydroxyl groups is 1. The Kier molecular flexibility index (Phi) is 3.58. The summed E-state index contributed by atoms with van der Waals surface area (Å²) in [6.45, 7) is 1.05. The summed E-state index contributed by atoms with van der Waals surface area (Å²) in [5, 5.41) is 19.4. The molecule has 130 valence electrons. The fourth-order valence-corrected chi connectivity index (χ4v) is 3.75. The van der Waals surface area contributed by atoms with Crippen LogP contribution in [0.25, 0.3) is 0 Å². The van der Waals surface area contributed by atoms with Gasteiger partial charge in [-0.2, -0.15) is 4.37 Å². The zero-order valence-electron chi connectivity index (χ0n) is 13.2. The summed E-state index contributed by atoms with van der Waals surface area (Å²) >= 11 is 1.12. The SMILES string of the molecule is CN1C(N2CC(O)C2)=CC=C2C(=O)C(C(=O)O)=CN(c3ncns3)C21. The minimum atomic E-state index is -1.28. The van der Waals surface area contributed by atoms with Crippen LogP contribution in [-0.4, -0.2) is 73.5 Å². The minimum absolute atomic E-state index is 0.303. The van der Waals surface area contributed by atoms with Crippen molar-refractivity contribution in [3.8, 4) is 0 Å². The van der Waals surface area contributed by atoms with E-state index in [9.17, 15) is 19.8 Å². The summed E-state index contributed by atoms with van der Waals surface area (Å²) in [6.07, 6.45) is 5.26. The van der Waals surface area contributed by atoms with Gasteiger partial charge in [0, 0.05) is 43.4 Å². The van der Waals surface area contributed by atoms with E-state index in [1.165, 1.54) is 12.5 Å². The molecule has 1 unspecified atom stereocenters. The highest BCUT2D eigenvalue weighted by Crippen LogP contribution is 2.36. The number of hydrogen-bond acceptors (Lipinski definition) is 9. The Balaban J connectivity index is 1.78. The molecule has 0 aromatic carbocycles. The lowest BCUT2D eigenvalue weighted by molar-refractivity contribution is -0.134. The topological polar surface area (TPSA) is 110 Å². The third-order valence-electron chi connectivity index (χ3n) is 4.44. The van der Waals surface area contributed by atoms with Crippen molar-refractivity contribution >= 4 is 28.4 Å². The van der Waals surface area contributed by atoms with Crippen molar-refractivity contribution < 1.29 is 19.8 Å². The van der Waals surface area contributed by atoms with Crippen LogP contribution in [0.1, 0.15) is 0 Å². The van der Waals surface area contributed by atoms with Crippen LogP contribution >= 0.6 is 11.5 Å². The summed E-state index contributed by atoms with van der Waals surface area (Å²) in [4.78, 5) is 33.7. The van der Waals surface area contributed by atoms with Crippen molar-refractivity contribution in [1.82, 2.24) is 19.2 Å². The van der Waals surface area contributed by atoms with E-state index in [1.807, 2.05) is 16.8 Å². The first-order valence-electron chi connectivity index (χ1n) is 7.60. The molecule has 1 atom stereocenters. The van der Waals surface area contributed by atoms with E-state index < -0.39 is 17.9 Å². The highest BCUT2D eigenvalue weighted by Gasteiger charge is 2.43. The van der Waals surface area contributed by atoms with Crippen molar-refractivity contribution in [1.29, 1.82) is 0 Å². The number of ketones is 1. The maximum absolute atomic E-state index is 12.6. The van der Waals surface area contributed by atoms with E-state index in [0.717, 1.165) is 17.4 Å². The summed E-state index contributed by atoms with van der Waals surface area (Å²) in [5.74, 6) is -0.931. The molecule has 0 amide bonds. The number of Topliss-reactive ketones (excluding diaryl/α,β-unsaturated/α-hetero) is 1. The molecule has 1 saturated heterocycles. The molecule has 10 heteroatoms. The lowest BCUT2D eigenvalue weighted by Gasteiger charge is -2.49. The Morgan fingerprint density at radius 1 is 1.36 bits per heavy atom. The van der Waals surface area contributed by atoms with Crippen LogP contribution in [0, 0.1) is 0 Å². The van der Waals surface area contributed by atoms with E-state index in [4.69, 9.17) is 0 Å². The first-order chi connectivity index (χ1) is 12.0. The number of carboxylic acid groups (broad SMARTS) is 1. The van der Waals surface area contributed by atoms with Crippen LogP contribution in [0.3, 0.4) is 0 Å². The number of allylic oxidation sites excluding steroid dienone is 2. The summed E-state index contributed by atoms with van der Waals surface area (Å²) in [5.41, 5.74) is 0.0599. The smallest absolute Gasteiger partial charge is 0.341 e. The number of carbonyl (C=O) groups excluding carboxylic acids is 1. The van der Waals surface area contributed by atoms with Gasteiger partial charge in [0.25, 0.3) is 0 Å². The largest absolute Gasteiger partial charge is 0.477 e. The number of aliphatic carboxylic acids is 1. The number of fused-ring (bicyclic) bond motifs is 1.